The van der Waals surface area contributed by atoms with Gasteiger partial charge in [-0.3, -0.25) is 9.59 Å². The minimum absolute atomic E-state index is 0.0348. The van der Waals surface area contributed by atoms with Gasteiger partial charge in [0.1, 0.15) is 36.5 Å². The van der Waals surface area contributed by atoms with E-state index in [1.165, 1.54) is 24.3 Å². The van der Waals surface area contributed by atoms with Crippen molar-refractivity contribution in [2.75, 3.05) is 13.2 Å². The lowest BCUT2D eigenvalue weighted by atomic mass is 9.91. The van der Waals surface area contributed by atoms with Crippen molar-refractivity contribution in [3.63, 3.8) is 0 Å². The number of rotatable bonds is 9. The van der Waals surface area contributed by atoms with E-state index in [2.05, 4.69) is 18.8 Å². The fourth-order valence-electron chi connectivity index (χ4n) is 4.20. The Labute approximate surface area is 232 Å². The Hall–Kier alpha value is -4.24. The van der Waals surface area contributed by atoms with Crippen LogP contribution in [0.25, 0.3) is 22.2 Å². The van der Waals surface area contributed by atoms with Crippen LogP contribution in [0.3, 0.4) is 0 Å². The SMILES string of the molecule is CCC(C)(C)C(=O)OCC(O)COC(=O)c1ccc2c(c1)C(O)=C(c1nc3ccc(C(C)C)cc3cc1O)C2=O. The topological polar surface area (TPSA) is 143 Å². The maximum atomic E-state index is 13.2. The molecule has 1 unspecified atom stereocenters. The van der Waals surface area contributed by atoms with Crippen LogP contribution in [0.15, 0.2) is 42.5 Å². The number of aliphatic hydroxyl groups excluding tert-OH is 2. The number of aromatic hydroxyl groups is 1. The van der Waals surface area contributed by atoms with Gasteiger partial charge in [0.05, 0.1) is 22.1 Å². The zero-order chi connectivity index (χ0) is 29.4. The van der Waals surface area contributed by atoms with E-state index in [9.17, 15) is 29.7 Å². The number of benzene rings is 2. The molecule has 210 valence electrons. The zero-order valence-electron chi connectivity index (χ0n) is 23.1. The summed E-state index contributed by atoms with van der Waals surface area (Å²) in [5.41, 5.74) is 0.981. The van der Waals surface area contributed by atoms with E-state index in [4.69, 9.17) is 9.47 Å². The molecule has 3 aromatic rings. The van der Waals surface area contributed by atoms with Crippen LogP contribution < -0.4 is 0 Å². The van der Waals surface area contributed by atoms with Crippen LogP contribution in [0.5, 0.6) is 5.75 Å². The van der Waals surface area contributed by atoms with Gasteiger partial charge in [0, 0.05) is 16.5 Å². The summed E-state index contributed by atoms with van der Waals surface area (Å²) in [5, 5.41) is 32.5. The number of pyridine rings is 1. The molecule has 9 heteroatoms. The number of allylic oxidation sites excluding steroid dienone is 1. The van der Waals surface area contributed by atoms with E-state index in [1.807, 2.05) is 19.1 Å². The van der Waals surface area contributed by atoms with Crippen LogP contribution in [0, 0.1) is 5.41 Å². The molecule has 0 bridgehead atoms. The predicted octanol–water partition coefficient (Wildman–Crippen LogP) is 5.18. The highest BCUT2D eigenvalue weighted by Crippen LogP contribution is 2.40. The van der Waals surface area contributed by atoms with Crippen molar-refractivity contribution in [1.82, 2.24) is 4.98 Å². The Morgan fingerprint density at radius 3 is 2.35 bits per heavy atom. The molecule has 1 aromatic heterocycles. The summed E-state index contributed by atoms with van der Waals surface area (Å²) in [5.74, 6) is -2.20. The van der Waals surface area contributed by atoms with Gasteiger partial charge in [-0.1, -0.05) is 26.8 Å². The number of carbonyl (C=O) groups is 3. The maximum Gasteiger partial charge on any atom is 0.338 e. The molecule has 1 heterocycles. The quantitative estimate of drug-likeness (QED) is 0.309. The van der Waals surface area contributed by atoms with E-state index in [-0.39, 0.29) is 46.2 Å². The molecule has 0 radical (unpaired) electrons. The summed E-state index contributed by atoms with van der Waals surface area (Å²) in [6.07, 6.45) is -0.661. The fraction of sp³-hybridized carbons (Fsp3) is 0.355. The van der Waals surface area contributed by atoms with Crippen LogP contribution in [-0.4, -0.2) is 57.3 Å². The second-order valence-electron chi connectivity index (χ2n) is 10.9. The summed E-state index contributed by atoms with van der Waals surface area (Å²) >= 11 is 0. The predicted molar refractivity (Wildman–Crippen MR) is 149 cm³/mol. The molecule has 4 rings (SSSR count). The minimum atomic E-state index is -1.23. The molecule has 0 spiro atoms. The molecule has 0 fully saturated rings. The highest BCUT2D eigenvalue weighted by molar-refractivity contribution is 6.39. The molecule has 0 saturated heterocycles. The molecular formula is C31H33NO8. The van der Waals surface area contributed by atoms with Crippen LogP contribution in [0.4, 0.5) is 0 Å². The maximum absolute atomic E-state index is 13.2. The van der Waals surface area contributed by atoms with Crippen molar-refractivity contribution in [3.8, 4) is 5.75 Å². The van der Waals surface area contributed by atoms with Gasteiger partial charge in [-0.25, -0.2) is 9.78 Å². The molecule has 1 aliphatic rings. The normalized spacial score (nSPS) is 14.0. The largest absolute Gasteiger partial charge is 0.506 e. The highest BCUT2D eigenvalue weighted by atomic mass is 16.6. The summed E-state index contributed by atoms with van der Waals surface area (Å²) < 4.78 is 10.3. The number of ketones is 1. The third-order valence-corrected chi connectivity index (χ3v) is 7.19. The lowest BCUT2D eigenvalue weighted by Gasteiger charge is -2.21. The number of aromatic nitrogens is 1. The van der Waals surface area contributed by atoms with E-state index >= 15 is 0 Å². The molecule has 0 aliphatic heterocycles. The van der Waals surface area contributed by atoms with Crippen molar-refractivity contribution >= 4 is 40.0 Å². The second kappa shape index (κ2) is 11.1. The summed E-state index contributed by atoms with van der Waals surface area (Å²) in [4.78, 5) is 42.3. The first kappa shape index (κ1) is 28.8. The lowest BCUT2D eigenvalue weighted by Crippen LogP contribution is -2.31. The van der Waals surface area contributed by atoms with Crippen molar-refractivity contribution in [3.05, 3.63) is 70.4 Å². The van der Waals surface area contributed by atoms with Crippen molar-refractivity contribution in [2.45, 2.75) is 53.1 Å². The first-order chi connectivity index (χ1) is 18.8. The number of esters is 2. The summed E-state index contributed by atoms with van der Waals surface area (Å²) in [6.45, 7) is 8.67. The Morgan fingerprint density at radius 1 is 0.975 bits per heavy atom. The molecule has 0 saturated carbocycles. The third kappa shape index (κ3) is 5.56. The van der Waals surface area contributed by atoms with Gasteiger partial charge in [-0.2, -0.15) is 0 Å². The number of Topliss-reactive ketones (excluding diaryl/α,β-unsaturated/α-hetero) is 1. The molecule has 0 amide bonds. The average Bonchev–Trinajstić information content (AvgIpc) is 3.18. The van der Waals surface area contributed by atoms with Gasteiger partial charge < -0.3 is 24.8 Å². The Bertz CT molecular complexity index is 1540. The smallest absolute Gasteiger partial charge is 0.338 e. The molecule has 9 nitrogen and oxygen atoms in total. The Balaban J connectivity index is 1.52. The van der Waals surface area contributed by atoms with Crippen LogP contribution >= 0.6 is 0 Å². The lowest BCUT2D eigenvalue weighted by molar-refractivity contribution is -0.157. The number of hydrogen-bond donors (Lipinski definition) is 3. The van der Waals surface area contributed by atoms with Gasteiger partial charge in [0.2, 0.25) is 0 Å². The number of nitrogens with zero attached hydrogens (tertiary/aromatic N) is 1. The number of hydrogen-bond acceptors (Lipinski definition) is 9. The van der Waals surface area contributed by atoms with E-state index in [1.54, 1.807) is 19.9 Å². The van der Waals surface area contributed by atoms with Crippen LogP contribution in [-0.2, 0) is 14.3 Å². The monoisotopic (exact) mass is 547 g/mol. The number of carbonyl (C=O) groups excluding carboxylic acids is 3. The molecule has 2 aromatic carbocycles. The van der Waals surface area contributed by atoms with Gasteiger partial charge in [0.25, 0.3) is 0 Å². The first-order valence-corrected chi connectivity index (χ1v) is 13.1. The number of ether oxygens (including phenoxy) is 2. The molecule has 40 heavy (non-hydrogen) atoms. The Kier molecular flexibility index (Phi) is 7.98. The Morgan fingerprint density at radius 2 is 1.68 bits per heavy atom. The standard InChI is InChI=1S/C31H33NO8/c1-6-31(4,5)30(38)40-15-20(33)14-39-29(37)18-7-9-21-22(12-18)28(36)25(27(21)35)26-24(34)13-19-11-17(16(2)3)8-10-23(19)32-26/h7-13,16,20,33-34,36H,6,14-15H2,1-5H3. The molecular weight excluding hydrogens is 514 g/mol. The second-order valence-corrected chi connectivity index (χ2v) is 10.9. The van der Waals surface area contributed by atoms with Gasteiger partial charge in [-0.05, 0) is 68.1 Å². The average molecular weight is 548 g/mol. The van der Waals surface area contributed by atoms with E-state index in [0.29, 0.717) is 17.3 Å². The van der Waals surface area contributed by atoms with Gasteiger partial charge in [-0.15, -0.1) is 0 Å². The summed E-state index contributed by atoms with van der Waals surface area (Å²) in [7, 11) is 0. The molecule has 1 aliphatic carbocycles. The van der Waals surface area contributed by atoms with Crippen LogP contribution in [0.2, 0.25) is 0 Å². The highest BCUT2D eigenvalue weighted by Gasteiger charge is 2.34. The van der Waals surface area contributed by atoms with Crippen molar-refractivity contribution in [1.29, 1.82) is 0 Å². The first-order valence-electron chi connectivity index (χ1n) is 13.1. The van der Waals surface area contributed by atoms with Gasteiger partial charge in [0.15, 0.2) is 5.78 Å². The zero-order valence-corrected chi connectivity index (χ0v) is 23.1. The molecule has 3 N–H and O–H groups in total. The van der Waals surface area contributed by atoms with Crippen LogP contribution in [0.1, 0.15) is 84.5 Å². The van der Waals surface area contributed by atoms with Crippen molar-refractivity contribution < 1.29 is 39.2 Å². The summed E-state index contributed by atoms with van der Waals surface area (Å²) in [6, 6.07) is 11.2. The number of aliphatic hydroxyl groups is 2. The van der Waals surface area contributed by atoms with E-state index in [0.717, 1.165) is 5.56 Å². The minimum Gasteiger partial charge on any atom is -0.506 e. The van der Waals surface area contributed by atoms with Crippen molar-refractivity contribution in [2.24, 2.45) is 5.41 Å². The third-order valence-electron chi connectivity index (χ3n) is 7.19. The van der Waals surface area contributed by atoms with E-state index < -0.39 is 41.6 Å². The fourth-order valence-corrected chi connectivity index (χ4v) is 4.20. The molecule has 1 atom stereocenters. The van der Waals surface area contributed by atoms with Gasteiger partial charge >= 0.3 is 11.9 Å². The number of fused-ring (bicyclic) bond motifs is 2.